The van der Waals surface area contributed by atoms with Crippen molar-refractivity contribution in [2.24, 2.45) is 0 Å². The molecule has 0 saturated carbocycles. The topological polar surface area (TPSA) is 96.0 Å². The van der Waals surface area contributed by atoms with Crippen molar-refractivity contribution in [3.63, 3.8) is 0 Å². The van der Waals surface area contributed by atoms with Gasteiger partial charge in [-0.3, -0.25) is 9.59 Å². The smallest absolute Gasteiger partial charge is 0.262 e. The van der Waals surface area contributed by atoms with E-state index in [-0.39, 0.29) is 17.9 Å². The summed E-state index contributed by atoms with van der Waals surface area (Å²) in [7, 11) is 1.60. The second kappa shape index (κ2) is 9.38. The van der Waals surface area contributed by atoms with E-state index in [9.17, 15) is 9.59 Å². The fourth-order valence-corrected chi connectivity index (χ4v) is 4.69. The van der Waals surface area contributed by atoms with Gasteiger partial charge in [0.05, 0.1) is 16.3 Å². The third-order valence-corrected chi connectivity index (χ3v) is 6.76. The van der Waals surface area contributed by atoms with Crippen LogP contribution < -0.4 is 16.0 Å². The van der Waals surface area contributed by atoms with Crippen molar-refractivity contribution in [3.05, 3.63) is 82.0 Å². The summed E-state index contributed by atoms with van der Waals surface area (Å²) in [6.07, 6.45) is 1.48. The van der Waals surface area contributed by atoms with Crippen molar-refractivity contribution >= 4 is 44.9 Å². The molecule has 0 bridgehead atoms. The van der Waals surface area contributed by atoms with Gasteiger partial charge in [0.15, 0.2) is 0 Å². The maximum atomic E-state index is 13.1. The first kappa shape index (κ1) is 22.4. The molecule has 1 atom stereocenters. The van der Waals surface area contributed by atoms with Crippen molar-refractivity contribution in [2.75, 3.05) is 12.4 Å². The fraction of sp³-hybridized carbons (Fsp3) is 0.200. The molecule has 168 valence electrons. The van der Waals surface area contributed by atoms with Gasteiger partial charge in [0.25, 0.3) is 11.8 Å². The van der Waals surface area contributed by atoms with Gasteiger partial charge in [-0.1, -0.05) is 36.4 Å². The molecule has 0 aliphatic rings. The van der Waals surface area contributed by atoms with E-state index in [4.69, 9.17) is 0 Å². The van der Waals surface area contributed by atoms with Crippen molar-refractivity contribution in [2.45, 2.75) is 26.8 Å². The van der Waals surface area contributed by atoms with Crippen LogP contribution in [0.4, 0.5) is 11.5 Å². The number of aromatic nitrogens is 2. The van der Waals surface area contributed by atoms with Crippen LogP contribution in [0.25, 0.3) is 10.2 Å². The number of hydrogen-bond donors (Lipinski definition) is 3. The van der Waals surface area contributed by atoms with Gasteiger partial charge in [-0.15, -0.1) is 11.3 Å². The number of rotatable bonds is 6. The highest BCUT2D eigenvalue weighted by Gasteiger charge is 2.21. The lowest BCUT2D eigenvalue weighted by molar-refractivity contribution is 0.0940. The third-order valence-electron chi connectivity index (χ3n) is 5.56. The normalized spacial score (nSPS) is 11.8. The summed E-state index contributed by atoms with van der Waals surface area (Å²) in [6, 6.07) is 15.2. The zero-order chi connectivity index (χ0) is 23.5. The Morgan fingerprint density at radius 1 is 1.00 bits per heavy atom. The highest BCUT2D eigenvalue weighted by Crippen LogP contribution is 2.35. The fourth-order valence-electron chi connectivity index (χ4n) is 3.64. The molecule has 2 amide bonds. The van der Waals surface area contributed by atoms with Crippen LogP contribution in [0, 0.1) is 13.8 Å². The summed E-state index contributed by atoms with van der Waals surface area (Å²) in [5.41, 5.74) is 4.14. The van der Waals surface area contributed by atoms with Gasteiger partial charge >= 0.3 is 0 Å². The molecular weight excluding hydrogens is 434 g/mol. The van der Waals surface area contributed by atoms with Crippen LogP contribution in [-0.4, -0.2) is 28.8 Å². The van der Waals surface area contributed by atoms with E-state index in [1.807, 2.05) is 57.2 Å². The Bertz CT molecular complexity index is 1330. The largest absolute Gasteiger partial charge is 0.355 e. The second-order valence-electron chi connectivity index (χ2n) is 7.80. The van der Waals surface area contributed by atoms with Crippen LogP contribution in [0.3, 0.4) is 0 Å². The Morgan fingerprint density at radius 3 is 2.48 bits per heavy atom. The van der Waals surface area contributed by atoms with Gasteiger partial charge in [-0.25, -0.2) is 9.97 Å². The van der Waals surface area contributed by atoms with E-state index in [0.29, 0.717) is 16.3 Å². The van der Waals surface area contributed by atoms with Crippen LogP contribution in [0.15, 0.2) is 54.9 Å². The van der Waals surface area contributed by atoms with Crippen LogP contribution in [0.1, 0.15) is 49.7 Å². The molecule has 0 radical (unpaired) electrons. The predicted molar refractivity (Wildman–Crippen MR) is 132 cm³/mol. The number of fused-ring (bicyclic) bond motifs is 1. The maximum Gasteiger partial charge on any atom is 0.262 e. The average molecular weight is 460 g/mol. The lowest BCUT2D eigenvalue weighted by Gasteiger charge is -2.14. The summed E-state index contributed by atoms with van der Waals surface area (Å²) in [5.74, 6) is 0.292. The molecule has 2 heterocycles. The number of aryl methyl sites for hydroxylation is 2. The van der Waals surface area contributed by atoms with E-state index in [0.717, 1.165) is 32.6 Å². The highest BCUT2D eigenvalue weighted by molar-refractivity contribution is 7.20. The monoisotopic (exact) mass is 459 g/mol. The van der Waals surface area contributed by atoms with E-state index in [2.05, 4.69) is 25.9 Å². The Kier molecular flexibility index (Phi) is 6.37. The lowest BCUT2D eigenvalue weighted by atomic mass is 10.1. The summed E-state index contributed by atoms with van der Waals surface area (Å²) in [6.45, 7) is 5.83. The third kappa shape index (κ3) is 4.56. The molecule has 33 heavy (non-hydrogen) atoms. The quantitative estimate of drug-likeness (QED) is 0.381. The van der Waals surface area contributed by atoms with E-state index >= 15 is 0 Å². The average Bonchev–Trinajstić information content (AvgIpc) is 3.18. The molecule has 0 fully saturated rings. The van der Waals surface area contributed by atoms with E-state index < -0.39 is 0 Å². The molecule has 2 aromatic carbocycles. The van der Waals surface area contributed by atoms with Crippen LogP contribution in [0.5, 0.6) is 0 Å². The molecule has 0 saturated heterocycles. The van der Waals surface area contributed by atoms with Gasteiger partial charge < -0.3 is 16.0 Å². The first-order valence-electron chi connectivity index (χ1n) is 10.6. The molecule has 1 unspecified atom stereocenters. The van der Waals surface area contributed by atoms with Crippen molar-refractivity contribution < 1.29 is 9.59 Å². The number of carbonyl (C=O) groups excluding carboxylic acids is 2. The van der Waals surface area contributed by atoms with Crippen molar-refractivity contribution in [3.8, 4) is 0 Å². The zero-order valence-electron chi connectivity index (χ0n) is 18.9. The van der Waals surface area contributed by atoms with Crippen molar-refractivity contribution in [1.29, 1.82) is 0 Å². The summed E-state index contributed by atoms with van der Waals surface area (Å²) >= 11 is 1.34. The first-order valence-corrected chi connectivity index (χ1v) is 11.4. The van der Waals surface area contributed by atoms with Gasteiger partial charge in [-0.2, -0.15) is 0 Å². The SMILES string of the molecule is CNC(=O)c1ccc(C)c(Nc2ncnc3sc(C(=O)NC(C)c4ccccc4)c(C)c23)c1. The number of thiophene rings is 1. The molecule has 4 rings (SSSR count). The summed E-state index contributed by atoms with van der Waals surface area (Å²) in [5, 5.41) is 9.85. The highest BCUT2D eigenvalue weighted by atomic mass is 32.1. The molecule has 4 aromatic rings. The molecule has 0 aliphatic heterocycles. The number of carbonyl (C=O) groups is 2. The number of benzene rings is 2. The zero-order valence-corrected chi connectivity index (χ0v) is 19.7. The van der Waals surface area contributed by atoms with Gasteiger partial charge in [0.1, 0.15) is 17.0 Å². The Labute approximate surface area is 196 Å². The Hall–Kier alpha value is -3.78. The standard InChI is InChI=1S/C25H25N5O2S/c1-14-10-11-18(23(31)26-4)12-19(14)30-22-20-15(2)21(33-25(20)28-13-27-22)24(32)29-16(3)17-8-6-5-7-9-17/h5-13,16H,1-4H3,(H,26,31)(H,29,32)(H,27,28,30). The Balaban J connectivity index is 1.66. The lowest BCUT2D eigenvalue weighted by Crippen LogP contribution is -2.26. The van der Waals surface area contributed by atoms with Gasteiger partial charge in [0, 0.05) is 18.3 Å². The molecular formula is C25H25N5O2S. The second-order valence-corrected chi connectivity index (χ2v) is 8.80. The van der Waals surface area contributed by atoms with Crippen LogP contribution in [-0.2, 0) is 0 Å². The van der Waals surface area contributed by atoms with Crippen molar-refractivity contribution in [1.82, 2.24) is 20.6 Å². The van der Waals surface area contributed by atoms with Gasteiger partial charge in [-0.05, 0) is 49.6 Å². The number of nitrogens with zero attached hydrogens (tertiary/aromatic N) is 2. The molecule has 0 aliphatic carbocycles. The molecule has 3 N–H and O–H groups in total. The minimum absolute atomic E-state index is 0.123. The van der Waals surface area contributed by atoms with Crippen LogP contribution in [0.2, 0.25) is 0 Å². The minimum atomic E-state index is -0.163. The minimum Gasteiger partial charge on any atom is -0.355 e. The summed E-state index contributed by atoms with van der Waals surface area (Å²) in [4.78, 5) is 35.3. The number of anilines is 2. The number of nitrogens with one attached hydrogen (secondary N) is 3. The van der Waals surface area contributed by atoms with E-state index in [1.165, 1.54) is 17.7 Å². The first-order chi connectivity index (χ1) is 15.9. The van der Waals surface area contributed by atoms with Gasteiger partial charge in [0.2, 0.25) is 0 Å². The predicted octanol–water partition coefficient (Wildman–Crippen LogP) is 4.90. The Morgan fingerprint density at radius 2 is 1.76 bits per heavy atom. The molecule has 2 aromatic heterocycles. The maximum absolute atomic E-state index is 13.1. The molecule has 8 heteroatoms. The number of amides is 2. The molecule has 7 nitrogen and oxygen atoms in total. The van der Waals surface area contributed by atoms with Crippen LogP contribution >= 0.6 is 11.3 Å². The van der Waals surface area contributed by atoms with E-state index in [1.54, 1.807) is 19.2 Å². The summed E-state index contributed by atoms with van der Waals surface area (Å²) < 4.78 is 0. The molecule has 0 spiro atoms. The number of hydrogen-bond acceptors (Lipinski definition) is 6.